The standard InChI is InChI=1S/C13H26/c1-4-6-11(2)7-5-8-13-9-12(3)10-13/h11-13H,4-10H2,1-3H3. The third-order valence-corrected chi connectivity index (χ3v) is 3.56. The van der Waals surface area contributed by atoms with Gasteiger partial charge >= 0.3 is 0 Å². The fourth-order valence-electron chi connectivity index (χ4n) is 2.70. The molecule has 1 saturated carbocycles. The molecule has 1 aliphatic rings. The highest BCUT2D eigenvalue weighted by molar-refractivity contribution is 4.76. The van der Waals surface area contributed by atoms with E-state index in [-0.39, 0.29) is 0 Å². The summed E-state index contributed by atoms with van der Waals surface area (Å²) in [6.07, 6.45) is 10.3. The summed E-state index contributed by atoms with van der Waals surface area (Å²) in [6.45, 7) is 7.09. The molecule has 78 valence electrons. The maximum Gasteiger partial charge on any atom is -0.0409 e. The number of hydrogen-bond acceptors (Lipinski definition) is 0. The van der Waals surface area contributed by atoms with Gasteiger partial charge < -0.3 is 0 Å². The van der Waals surface area contributed by atoms with Gasteiger partial charge in [0.2, 0.25) is 0 Å². The zero-order valence-electron chi connectivity index (χ0n) is 9.68. The first-order valence-electron chi connectivity index (χ1n) is 6.22. The third kappa shape index (κ3) is 4.15. The van der Waals surface area contributed by atoms with E-state index in [2.05, 4.69) is 20.8 Å². The molecule has 0 nitrogen and oxygen atoms in total. The van der Waals surface area contributed by atoms with Crippen LogP contribution in [0.25, 0.3) is 0 Å². The van der Waals surface area contributed by atoms with Crippen molar-refractivity contribution in [1.29, 1.82) is 0 Å². The lowest BCUT2D eigenvalue weighted by atomic mass is 9.73. The summed E-state index contributed by atoms with van der Waals surface area (Å²) >= 11 is 0. The predicted molar refractivity (Wildman–Crippen MR) is 59.8 cm³/mol. The summed E-state index contributed by atoms with van der Waals surface area (Å²) in [5.74, 6) is 3.12. The molecule has 0 bridgehead atoms. The van der Waals surface area contributed by atoms with Crippen molar-refractivity contribution in [3.05, 3.63) is 0 Å². The Balaban J connectivity index is 1.89. The Kier molecular flexibility index (Phi) is 4.83. The Bertz CT molecular complexity index is 117. The second kappa shape index (κ2) is 5.67. The van der Waals surface area contributed by atoms with Crippen molar-refractivity contribution in [1.82, 2.24) is 0 Å². The Morgan fingerprint density at radius 1 is 1.23 bits per heavy atom. The van der Waals surface area contributed by atoms with Crippen LogP contribution in [0.2, 0.25) is 0 Å². The highest BCUT2D eigenvalue weighted by Gasteiger charge is 2.24. The van der Waals surface area contributed by atoms with Crippen LogP contribution in [-0.4, -0.2) is 0 Å². The quantitative estimate of drug-likeness (QED) is 0.561. The van der Waals surface area contributed by atoms with Gasteiger partial charge in [-0.05, 0) is 30.6 Å². The van der Waals surface area contributed by atoms with Crippen molar-refractivity contribution in [3.8, 4) is 0 Å². The van der Waals surface area contributed by atoms with Crippen LogP contribution in [0.3, 0.4) is 0 Å². The van der Waals surface area contributed by atoms with Gasteiger partial charge in [0.25, 0.3) is 0 Å². The van der Waals surface area contributed by atoms with Gasteiger partial charge in [-0.25, -0.2) is 0 Å². The lowest BCUT2D eigenvalue weighted by Crippen LogP contribution is -2.20. The average Bonchev–Trinajstić information content (AvgIpc) is 2.01. The lowest BCUT2D eigenvalue weighted by molar-refractivity contribution is 0.192. The molecule has 1 aliphatic carbocycles. The normalized spacial score (nSPS) is 29.8. The van der Waals surface area contributed by atoms with Crippen molar-refractivity contribution in [3.63, 3.8) is 0 Å². The number of rotatable bonds is 6. The van der Waals surface area contributed by atoms with Crippen LogP contribution in [0.1, 0.15) is 65.7 Å². The van der Waals surface area contributed by atoms with Crippen molar-refractivity contribution < 1.29 is 0 Å². The van der Waals surface area contributed by atoms with Gasteiger partial charge in [0.15, 0.2) is 0 Å². The summed E-state index contributed by atoms with van der Waals surface area (Å²) in [7, 11) is 0. The zero-order chi connectivity index (χ0) is 9.68. The Hall–Kier alpha value is 0. The van der Waals surface area contributed by atoms with E-state index < -0.39 is 0 Å². The lowest BCUT2D eigenvalue weighted by Gasteiger charge is -2.32. The SMILES string of the molecule is CCCC(C)CCCC1CC(C)C1. The minimum atomic E-state index is 0.975. The van der Waals surface area contributed by atoms with Gasteiger partial charge in [0.05, 0.1) is 0 Å². The third-order valence-electron chi connectivity index (χ3n) is 3.56. The fraction of sp³-hybridized carbons (Fsp3) is 1.00. The minimum absolute atomic E-state index is 0.975. The Morgan fingerprint density at radius 2 is 1.92 bits per heavy atom. The fourth-order valence-corrected chi connectivity index (χ4v) is 2.70. The maximum absolute atomic E-state index is 2.41. The van der Waals surface area contributed by atoms with Crippen molar-refractivity contribution in [2.75, 3.05) is 0 Å². The predicted octanol–water partition coefficient (Wildman–Crippen LogP) is 4.64. The van der Waals surface area contributed by atoms with Crippen molar-refractivity contribution in [2.45, 2.75) is 65.7 Å². The van der Waals surface area contributed by atoms with Crippen LogP contribution in [-0.2, 0) is 0 Å². The van der Waals surface area contributed by atoms with Crippen molar-refractivity contribution in [2.24, 2.45) is 17.8 Å². The molecule has 0 spiro atoms. The van der Waals surface area contributed by atoms with E-state index in [1.165, 1.54) is 44.9 Å². The molecule has 0 heteroatoms. The molecule has 1 atom stereocenters. The van der Waals surface area contributed by atoms with Gasteiger partial charge in [-0.2, -0.15) is 0 Å². The van der Waals surface area contributed by atoms with Gasteiger partial charge in [-0.1, -0.05) is 52.9 Å². The molecule has 0 heterocycles. The first kappa shape index (κ1) is 11.1. The highest BCUT2D eigenvalue weighted by atomic mass is 14.3. The molecule has 0 radical (unpaired) electrons. The van der Waals surface area contributed by atoms with Crippen molar-refractivity contribution >= 4 is 0 Å². The van der Waals surface area contributed by atoms with Crippen LogP contribution in [0.5, 0.6) is 0 Å². The largest absolute Gasteiger partial charge is 0.0654 e. The molecule has 0 saturated heterocycles. The second-order valence-corrected chi connectivity index (χ2v) is 5.27. The van der Waals surface area contributed by atoms with E-state index in [9.17, 15) is 0 Å². The summed E-state index contributed by atoms with van der Waals surface area (Å²) in [5, 5.41) is 0. The second-order valence-electron chi connectivity index (χ2n) is 5.27. The van der Waals surface area contributed by atoms with Crippen LogP contribution < -0.4 is 0 Å². The maximum atomic E-state index is 2.41. The molecule has 0 N–H and O–H groups in total. The molecule has 1 fully saturated rings. The van der Waals surface area contributed by atoms with E-state index in [0.29, 0.717) is 0 Å². The van der Waals surface area contributed by atoms with E-state index >= 15 is 0 Å². The first-order valence-corrected chi connectivity index (χ1v) is 6.22. The van der Waals surface area contributed by atoms with Gasteiger partial charge in [0, 0.05) is 0 Å². The Labute approximate surface area is 84.1 Å². The monoisotopic (exact) mass is 182 g/mol. The molecule has 0 amide bonds. The van der Waals surface area contributed by atoms with Gasteiger partial charge in [-0.3, -0.25) is 0 Å². The highest BCUT2D eigenvalue weighted by Crippen LogP contribution is 2.36. The van der Waals surface area contributed by atoms with E-state index in [0.717, 1.165) is 17.8 Å². The summed E-state index contributed by atoms with van der Waals surface area (Å²) < 4.78 is 0. The number of hydrogen-bond donors (Lipinski definition) is 0. The topological polar surface area (TPSA) is 0 Å². The van der Waals surface area contributed by atoms with Crippen LogP contribution in [0.15, 0.2) is 0 Å². The summed E-state index contributed by atoms with van der Waals surface area (Å²) in [4.78, 5) is 0. The molecule has 0 aliphatic heterocycles. The molecular formula is C13H26. The summed E-state index contributed by atoms with van der Waals surface area (Å²) in [6, 6.07) is 0. The van der Waals surface area contributed by atoms with E-state index in [4.69, 9.17) is 0 Å². The van der Waals surface area contributed by atoms with Crippen LogP contribution in [0.4, 0.5) is 0 Å². The van der Waals surface area contributed by atoms with E-state index in [1.807, 2.05) is 0 Å². The molecule has 0 aromatic rings. The molecule has 0 aromatic heterocycles. The molecule has 0 aromatic carbocycles. The molecular weight excluding hydrogens is 156 g/mol. The molecule has 1 unspecified atom stereocenters. The first-order chi connectivity index (χ1) is 6.22. The van der Waals surface area contributed by atoms with Gasteiger partial charge in [-0.15, -0.1) is 0 Å². The molecule has 13 heavy (non-hydrogen) atoms. The van der Waals surface area contributed by atoms with Crippen LogP contribution >= 0.6 is 0 Å². The van der Waals surface area contributed by atoms with Crippen LogP contribution in [0, 0.1) is 17.8 Å². The zero-order valence-corrected chi connectivity index (χ0v) is 9.68. The average molecular weight is 182 g/mol. The Morgan fingerprint density at radius 3 is 2.46 bits per heavy atom. The van der Waals surface area contributed by atoms with Gasteiger partial charge in [0.1, 0.15) is 0 Å². The minimum Gasteiger partial charge on any atom is -0.0654 e. The smallest absolute Gasteiger partial charge is 0.0409 e. The summed E-state index contributed by atoms with van der Waals surface area (Å²) in [5.41, 5.74) is 0. The molecule has 1 rings (SSSR count). The van der Waals surface area contributed by atoms with E-state index in [1.54, 1.807) is 0 Å².